The Morgan fingerprint density at radius 1 is 1.50 bits per heavy atom. The molecule has 0 radical (unpaired) electrons. The fourth-order valence-corrected chi connectivity index (χ4v) is 1.76. The molecule has 68 valence electrons. The second-order valence-corrected chi connectivity index (χ2v) is 8.92. The highest BCUT2D eigenvalue weighted by molar-refractivity contribution is 6.88. The highest BCUT2D eigenvalue weighted by Crippen LogP contribution is 1.98. The van der Waals surface area contributed by atoms with E-state index in [9.17, 15) is 0 Å². The van der Waals surface area contributed by atoms with E-state index < -0.39 is 8.07 Å². The van der Waals surface area contributed by atoms with Crippen LogP contribution in [0.3, 0.4) is 0 Å². The molecule has 5 heteroatoms. The van der Waals surface area contributed by atoms with Crippen molar-refractivity contribution in [3.63, 3.8) is 0 Å². The SMILES string of the molecule is C[Si](C)(C)c1cn(CCN)nn1. The Morgan fingerprint density at radius 2 is 2.17 bits per heavy atom. The van der Waals surface area contributed by atoms with Crippen molar-refractivity contribution < 1.29 is 0 Å². The molecule has 0 saturated heterocycles. The Hall–Kier alpha value is -0.683. The van der Waals surface area contributed by atoms with Gasteiger partial charge in [-0.25, -0.2) is 0 Å². The van der Waals surface area contributed by atoms with Crippen LogP contribution in [0.1, 0.15) is 0 Å². The van der Waals surface area contributed by atoms with Gasteiger partial charge in [0, 0.05) is 12.7 Å². The van der Waals surface area contributed by atoms with Gasteiger partial charge in [-0.3, -0.25) is 4.68 Å². The van der Waals surface area contributed by atoms with Crippen LogP contribution in [0.5, 0.6) is 0 Å². The monoisotopic (exact) mass is 184 g/mol. The van der Waals surface area contributed by atoms with Gasteiger partial charge in [0.05, 0.1) is 11.9 Å². The van der Waals surface area contributed by atoms with Crippen molar-refractivity contribution in [3.05, 3.63) is 6.20 Å². The van der Waals surface area contributed by atoms with Crippen LogP contribution in [0.15, 0.2) is 6.20 Å². The first-order chi connectivity index (χ1) is 5.54. The number of hydrogen-bond donors (Lipinski definition) is 1. The predicted octanol–water partition coefficient (Wildman–Crippen LogP) is -0.218. The fourth-order valence-electron chi connectivity index (χ4n) is 0.884. The first kappa shape index (κ1) is 9.41. The molecule has 0 bridgehead atoms. The summed E-state index contributed by atoms with van der Waals surface area (Å²) in [5.74, 6) is 0. The molecule has 1 heterocycles. The molecule has 0 saturated carbocycles. The summed E-state index contributed by atoms with van der Waals surface area (Å²) < 4.78 is 1.81. The van der Waals surface area contributed by atoms with Gasteiger partial charge in [0.15, 0.2) is 0 Å². The topological polar surface area (TPSA) is 56.7 Å². The minimum absolute atomic E-state index is 0.620. The van der Waals surface area contributed by atoms with Crippen LogP contribution in [-0.2, 0) is 6.54 Å². The van der Waals surface area contributed by atoms with Crippen molar-refractivity contribution in [1.82, 2.24) is 15.0 Å². The van der Waals surface area contributed by atoms with Gasteiger partial charge < -0.3 is 5.73 Å². The molecule has 4 nitrogen and oxygen atoms in total. The Kier molecular flexibility index (Phi) is 2.64. The zero-order chi connectivity index (χ0) is 9.19. The van der Waals surface area contributed by atoms with E-state index in [4.69, 9.17) is 5.73 Å². The van der Waals surface area contributed by atoms with Crippen molar-refractivity contribution in [3.8, 4) is 0 Å². The van der Waals surface area contributed by atoms with Crippen LogP contribution in [0.2, 0.25) is 19.6 Å². The molecule has 0 fully saturated rings. The van der Waals surface area contributed by atoms with Gasteiger partial charge in [0.1, 0.15) is 8.07 Å². The van der Waals surface area contributed by atoms with E-state index >= 15 is 0 Å². The first-order valence-electron chi connectivity index (χ1n) is 4.14. The van der Waals surface area contributed by atoms with Gasteiger partial charge in [-0.15, -0.1) is 5.10 Å². The van der Waals surface area contributed by atoms with E-state index in [-0.39, 0.29) is 0 Å². The Labute approximate surface area is 73.8 Å². The number of aromatic nitrogens is 3. The van der Waals surface area contributed by atoms with Crippen LogP contribution in [-0.4, -0.2) is 29.6 Å². The Balaban J connectivity index is 2.77. The second-order valence-electron chi connectivity index (χ2n) is 3.91. The number of nitrogens with zero attached hydrogens (tertiary/aromatic N) is 3. The van der Waals surface area contributed by atoms with E-state index in [1.54, 1.807) is 0 Å². The molecule has 1 aromatic heterocycles. The summed E-state index contributed by atoms with van der Waals surface area (Å²) in [4.78, 5) is 0. The van der Waals surface area contributed by atoms with Crippen molar-refractivity contribution in [2.75, 3.05) is 6.54 Å². The van der Waals surface area contributed by atoms with Crippen molar-refractivity contribution in [2.45, 2.75) is 26.2 Å². The van der Waals surface area contributed by atoms with E-state index in [0.29, 0.717) is 6.54 Å². The maximum atomic E-state index is 5.40. The summed E-state index contributed by atoms with van der Waals surface area (Å²) in [6, 6.07) is 0. The predicted molar refractivity (Wildman–Crippen MR) is 52.1 cm³/mol. The summed E-state index contributed by atoms with van der Waals surface area (Å²) in [7, 11) is -1.28. The van der Waals surface area contributed by atoms with Gasteiger partial charge in [-0.1, -0.05) is 24.9 Å². The molecular weight excluding hydrogens is 168 g/mol. The van der Waals surface area contributed by atoms with Crippen molar-refractivity contribution >= 4 is 13.4 Å². The zero-order valence-electron chi connectivity index (χ0n) is 7.91. The average molecular weight is 184 g/mol. The fraction of sp³-hybridized carbons (Fsp3) is 0.714. The largest absolute Gasteiger partial charge is 0.329 e. The van der Waals surface area contributed by atoms with Crippen LogP contribution < -0.4 is 11.1 Å². The minimum atomic E-state index is -1.28. The summed E-state index contributed by atoms with van der Waals surface area (Å²) in [5, 5.41) is 9.27. The summed E-state index contributed by atoms with van der Waals surface area (Å²) in [6.45, 7) is 8.14. The molecule has 12 heavy (non-hydrogen) atoms. The van der Waals surface area contributed by atoms with Crippen molar-refractivity contribution in [2.24, 2.45) is 5.73 Å². The van der Waals surface area contributed by atoms with E-state index in [0.717, 1.165) is 11.9 Å². The van der Waals surface area contributed by atoms with Crippen molar-refractivity contribution in [1.29, 1.82) is 0 Å². The standard InChI is InChI=1S/C7H16N4Si/c1-12(2,3)7-6-11(5-4-8)10-9-7/h6H,4-5,8H2,1-3H3. The molecule has 0 aliphatic rings. The van der Waals surface area contributed by atoms with Crippen LogP contribution in [0.4, 0.5) is 0 Å². The third-order valence-electron chi connectivity index (χ3n) is 1.67. The molecule has 2 N–H and O–H groups in total. The molecule has 0 aliphatic heterocycles. The molecule has 0 aliphatic carbocycles. The molecule has 1 aromatic rings. The lowest BCUT2D eigenvalue weighted by atomic mass is 10.6. The number of hydrogen-bond acceptors (Lipinski definition) is 3. The van der Waals surface area contributed by atoms with Crippen LogP contribution >= 0.6 is 0 Å². The van der Waals surface area contributed by atoms with Gasteiger partial charge in [0.2, 0.25) is 0 Å². The van der Waals surface area contributed by atoms with E-state index in [2.05, 4.69) is 30.0 Å². The third-order valence-corrected chi connectivity index (χ3v) is 3.43. The zero-order valence-corrected chi connectivity index (χ0v) is 8.91. The minimum Gasteiger partial charge on any atom is -0.329 e. The molecule has 0 atom stereocenters. The smallest absolute Gasteiger partial charge is 0.106 e. The van der Waals surface area contributed by atoms with Gasteiger partial charge in [0.25, 0.3) is 0 Å². The van der Waals surface area contributed by atoms with Crippen LogP contribution in [0, 0.1) is 0 Å². The normalized spacial score (nSPS) is 12.0. The molecule has 0 spiro atoms. The Bertz CT molecular complexity index is 250. The van der Waals surface area contributed by atoms with E-state index in [1.807, 2.05) is 10.9 Å². The van der Waals surface area contributed by atoms with E-state index in [1.165, 1.54) is 0 Å². The average Bonchev–Trinajstić information content (AvgIpc) is 2.35. The molecule has 0 amide bonds. The highest BCUT2D eigenvalue weighted by Gasteiger charge is 2.19. The van der Waals surface area contributed by atoms with Crippen LogP contribution in [0.25, 0.3) is 0 Å². The molecule has 0 unspecified atom stereocenters. The Morgan fingerprint density at radius 3 is 2.58 bits per heavy atom. The lowest BCUT2D eigenvalue weighted by Gasteiger charge is -2.09. The first-order valence-corrected chi connectivity index (χ1v) is 7.64. The summed E-state index contributed by atoms with van der Waals surface area (Å²) >= 11 is 0. The maximum Gasteiger partial charge on any atom is 0.106 e. The van der Waals surface area contributed by atoms with Gasteiger partial charge in [-0.05, 0) is 0 Å². The second kappa shape index (κ2) is 3.36. The lowest BCUT2D eigenvalue weighted by molar-refractivity contribution is 0.598. The van der Waals surface area contributed by atoms with Gasteiger partial charge in [-0.2, -0.15) is 0 Å². The molecule has 0 aromatic carbocycles. The number of rotatable bonds is 3. The quantitative estimate of drug-likeness (QED) is 0.661. The number of nitrogens with two attached hydrogens (primary N) is 1. The third kappa shape index (κ3) is 2.15. The maximum absolute atomic E-state index is 5.40. The summed E-state index contributed by atoms with van der Waals surface area (Å²) in [5.41, 5.74) is 5.40. The lowest BCUT2D eigenvalue weighted by Crippen LogP contribution is -2.38. The van der Waals surface area contributed by atoms with Gasteiger partial charge >= 0.3 is 0 Å². The molecule has 1 rings (SSSR count). The highest BCUT2D eigenvalue weighted by atomic mass is 28.3. The summed E-state index contributed by atoms with van der Waals surface area (Å²) in [6.07, 6.45) is 2.01. The molecular formula is C7H16N4Si.